The molecular formula is C21H22N4O4. The van der Waals surface area contributed by atoms with E-state index in [1.54, 1.807) is 36.4 Å². The number of nitrogens with one attached hydrogen (secondary N) is 2. The van der Waals surface area contributed by atoms with E-state index in [9.17, 15) is 14.4 Å². The van der Waals surface area contributed by atoms with E-state index < -0.39 is 5.76 Å². The fraction of sp³-hybridized carbons (Fsp3) is 0.381. The van der Waals surface area contributed by atoms with Crippen LogP contribution >= 0.6 is 0 Å². The van der Waals surface area contributed by atoms with E-state index in [2.05, 4.69) is 10.6 Å². The molecule has 0 radical (unpaired) electrons. The highest BCUT2D eigenvalue weighted by Gasteiger charge is 2.37. The highest BCUT2D eigenvalue weighted by molar-refractivity contribution is 5.79. The number of aromatic nitrogens is 2. The lowest BCUT2D eigenvalue weighted by Gasteiger charge is -2.43. The second-order valence-corrected chi connectivity index (χ2v) is 7.80. The van der Waals surface area contributed by atoms with Gasteiger partial charge in [0.15, 0.2) is 5.58 Å². The average Bonchev–Trinajstić information content (AvgIpc) is 3.04. The maximum Gasteiger partial charge on any atom is 0.420 e. The Bertz CT molecular complexity index is 1190. The number of piperidine rings is 1. The van der Waals surface area contributed by atoms with Gasteiger partial charge in [0.2, 0.25) is 5.91 Å². The fourth-order valence-corrected chi connectivity index (χ4v) is 4.75. The maximum absolute atomic E-state index is 12.6. The number of para-hydroxylation sites is 2. The third-order valence-corrected chi connectivity index (χ3v) is 6.08. The number of benzene rings is 1. The molecule has 29 heavy (non-hydrogen) atoms. The van der Waals surface area contributed by atoms with Crippen molar-refractivity contribution in [3.63, 3.8) is 0 Å². The van der Waals surface area contributed by atoms with Crippen LogP contribution in [0.3, 0.4) is 0 Å². The van der Waals surface area contributed by atoms with Gasteiger partial charge in [0.1, 0.15) is 6.54 Å². The molecule has 2 N–H and O–H groups in total. The number of carbonyl (C=O) groups is 1. The Morgan fingerprint density at radius 1 is 1.14 bits per heavy atom. The van der Waals surface area contributed by atoms with Crippen molar-refractivity contribution in [3.8, 4) is 0 Å². The van der Waals surface area contributed by atoms with Crippen LogP contribution in [0.25, 0.3) is 11.1 Å². The molecule has 3 atom stereocenters. The molecule has 3 aromatic rings. The number of hydrogen-bond acceptors (Lipinski definition) is 5. The van der Waals surface area contributed by atoms with E-state index in [-0.39, 0.29) is 30.0 Å². The van der Waals surface area contributed by atoms with E-state index in [0.717, 1.165) is 25.2 Å². The Morgan fingerprint density at radius 3 is 2.90 bits per heavy atom. The summed E-state index contributed by atoms with van der Waals surface area (Å²) in [6, 6.07) is 12.3. The number of carbonyl (C=O) groups excluding carboxylic acids is 1. The van der Waals surface area contributed by atoms with Gasteiger partial charge in [0.25, 0.3) is 5.56 Å². The number of hydrogen-bond donors (Lipinski definition) is 2. The Morgan fingerprint density at radius 2 is 2.00 bits per heavy atom. The topological polar surface area (TPSA) is 98.3 Å². The standard InChI is InChI=1S/C21H22N4O4/c26-19(12-24-16-4-1-2-6-18(16)29-21(24)28)23-11-17-14-8-13(9-22-10-14)15-5-3-7-20(27)25(15)17/h1-7,13-14,17,22H,8-12H2,(H,23,26)/t13-,14+,17+/m1/s1. The Balaban J connectivity index is 1.36. The molecule has 2 aliphatic heterocycles. The van der Waals surface area contributed by atoms with Crippen LogP contribution in [0.2, 0.25) is 0 Å². The summed E-state index contributed by atoms with van der Waals surface area (Å²) >= 11 is 0. The number of pyridine rings is 1. The van der Waals surface area contributed by atoms with Crippen molar-refractivity contribution < 1.29 is 9.21 Å². The third-order valence-electron chi connectivity index (χ3n) is 6.08. The number of oxazole rings is 1. The third kappa shape index (κ3) is 3.09. The summed E-state index contributed by atoms with van der Waals surface area (Å²) in [7, 11) is 0. The van der Waals surface area contributed by atoms with E-state index >= 15 is 0 Å². The Kier molecular flexibility index (Phi) is 4.35. The predicted octanol–water partition coefficient (Wildman–Crippen LogP) is 0.820. The number of amides is 1. The van der Waals surface area contributed by atoms with Crippen LogP contribution in [-0.2, 0) is 11.3 Å². The molecule has 8 nitrogen and oxygen atoms in total. The molecule has 0 spiro atoms. The second kappa shape index (κ2) is 7.04. The minimum absolute atomic E-state index is 0.0320. The smallest absolute Gasteiger partial charge is 0.408 e. The lowest BCUT2D eigenvalue weighted by atomic mass is 9.79. The first-order chi connectivity index (χ1) is 14.1. The largest absolute Gasteiger partial charge is 0.420 e. The molecule has 1 amide bonds. The SMILES string of the molecule is O=C(Cn1c(=O)oc2ccccc21)NC[C@H]1[C@@H]2CNC[C@@H](C2)c2cccc(=O)n21. The van der Waals surface area contributed by atoms with Gasteiger partial charge >= 0.3 is 5.76 Å². The van der Waals surface area contributed by atoms with Crippen LogP contribution in [0.4, 0.5) is 0 Å². The van der Waals surface area contributed by atoms with Gasteiger partial charge in [-0.15, -0.1) is 0 Å². The van der Waals surface area contributed by atoms with Crippen LogP contribution < -0.4 is 21.9 Å². The minimum Gasteiger partial charge on any atom is -0.408 e. The summed E-state index contributed by atoms with van der Waals surface area (Å²) in [5, 5.41) is 6.37. The van der Waals surface area contributed by atoms with Gasteiger partial charge in [-0.05, 0) is 30.5 Å². The van der Waals surface area contributed by atoms with Gasteiger partial charge in [0.05, 0.1) is 11.6 Å². The molecule has 8 heteroatoms. The van der Waals surface area contributed by atoms with Crippen molar-refractivity contribution in [3.05, 3.63) is 69.1 Å². The lowest BCUT2D eigenvalue weighted by molar-refractivity contribution is -0.122. The van der Waals surface area contributed by atoms with Crippen molar-refractivity contribution in [1.29, 1.82) is 0 Å². The molecule has 1 fully saturated rings. The zero-order chi connectivity index (χ0) is 20.0. The van der Waals surface area contributed by atoms with Gasteiger partial charge in [0, 0.05) is 37.3 Å². The van der Waals surface area contributed by atoms with Crippen LogP contribution in [0, 0.1) is 5.92 Å². The molecule has 2 aliphatic rings. The quantitative estimate of drug-likeness (QED) is 0.683. The Hall–Kier alpha value is -3.13. The predicted molar refractivity (Wildman–Crippen MR) is 107 cm³/mol. The maximum atomic E-state index is 12.6. The van der Waals surface area contributed by atoms with Crippen LogP contribution in [-0.4, -0.2) is 34.7 Å². The minimum atomic E-state index is -0.556. The molecule has 0 saturated carbocycles. The van der Waals surface area contributed by atoms with Crippen LogP contribution in [0.1, 0.15) is 24.1 Å². The van der Waals surface area contributed by atoms with Gasteiger partial charge in [-0.25, -0.2) is 4.79 Å². The van der Waals surface area contributed by atoms with Crippen molar-refractivity contribution >= 4 is 17.0 Å². The van der Waals surface area contributed by atoms with Crippen LogP contribution in [0.15, 0.2) is 56.5 Å². The summed E-state index contributed by atoms with van der Waals surface area (Å²) in [6.07, 6.45) is 1.00. The van der Waals surface area contributed by atoms with Gasteiger partial charge in [-0.3, -0.25) is 14.2 Å². The van der Waals surface area contributed by atoms with E-state index in [0.29, 0.717) is 23.6 Å². The van der Waals surface area contributed by atoms with Crippen LogP contribution in [0.5, 0.6) is 0 Å². The second-order valence-electron chi connectivity index (χ2n) is 7.80. The molecule has 2 aromatic heterocycles. The molecular weight excluding hydrogens is 372 g/mol. The normalized spacial score (nSPS) is 23.0. The molecule has 0 unspecified atom stereocenters. The summed E-state index contributed by atoms with van der Waals surface area (Å²) < 4.78 is 8.35. The van der Waals surface area contributed by atoms with E-state index in [4.69, 9.17) is 4.42 Å². The fourth-order valence-electron chi connectivity index (χ4n) is 4.75. The zero-order valence-electron chi connectivity index (χ0n) is 15.8. The molecule has 4 heterocycles. The van der Waals surface area contributed by atoms with Crippen molar-refractivity contribution in [1.82, 2.24) is 19.8 Å². The number of fused-ring (bicyclic) bond motifs is 5. The van der Waals surface area contributed by atoms with E-state index in [1.165, 1.54) is 4.57 Å². The van der Waals surface area contributed by atoms with Gasteiger partial charge in [-0.1, -0.05) is 18.2 Å². The summed E-state index contributed by atoms with van der Waals surface area (Å²) in [5.41, 5.74) is 2.04. The highest BCUT2D eigenvalue weighted by Crippen LogP contribution is 2.38. The first-order valence-electron chi connectivity index (χ1n) is 9.89. The number of rotatable bonds is 4. The average molecular weight is 394 g/mol. The summed E-state index contributed by atoms with van der Waals surface area (Å²) in [6.45, 7) is 1.92. The molecule has 1 aromatic carbocycles. The summed E-state index contributed by atoms with van der Waals surface area (Å²) in [4.78, 5) is 37.3. The van der Waals surface area contributed by atoms with Gasteiger partial charge < -0.3 is 19.6 Å². The van der Waals surface area contributed by atoms with E-state index in [1.807, 2.05) is 10.6 Å². The first kappa shape index (κ1) is 17.9. The Labute approximate surface area is 166 Å². The molecule has 1 saturated heterocycles. The highest BCUT2D eigenvalue weighted by atomic mass is 16.4. The molecule has 2 bridgehead atoms. The molecule has 150 valence electrons. The van der Waals surface area contributed by atoms with Crippen molar-refractivity contribution in [2.45, 2.75) is 24.9 Å². The molecule has 0 aliphatic carbocycles. The lowest BCUT2D eigenvalue weighted by Crippen LogP contribution is -2.50. The van der Waals surface area contributed by atoms with Crippen molar-refractivity contribution in [2.75, 3.05) is 19.6 Å². The van der Waals surface area contributed by atoms with Crippen molar-refractivity contribution in [2.24, 2.45) is 5.92 Å². The molecule has 5 rings (SSSR count). The monoisotopic (exact) mass is 394 g/mol. The zero-order valence-corrected chi connectivity index (χ0v) is 15.8. The van der Waals surface area contributed by atoms with Gasteiger partial charge in [-0.2, -0.15) is 0 Å². The summed E-state index contributed by atoms with van der Waals surface area (Å²) in [5.74, 6) is -0.236. The number of nitrogens with zero attached hydrogens (tertiary/aromatic N) is 2. The first-order valence-corrected chi connectivity index (χ1v) is 9.89.